The average Bonchev–Trinajstić information content (AvgIpc) is 2.75. The van der Waals surface area contributed by atoms with Crippen molar-refractivity contribution in [3.05, 3.63) is 40.4 Å². The Morgan fingerprint density at radius 1 is 1.26 bits per heavy atom. The van der Waals surface area contributed by atoms with Crippen LogP contribution >= 0.6 is 11.3 Å². The van der Waals surface area contributed by atoms with Crippen LogP contribution in [0.15, 0.2) is 24.3 Å². The Hall–Kier alpha value is -1.39. The normalized spacial score (nSPS) is 12.5. The molecule has 0 aliphatic heterocycles. The first kappa shape index (κ1) is 14.0. The number of aryl methyl sites for hydroxylation is 2. The minimum atomic E-state index is 0.0444. The summed E-state index contributed by atoms with van der Waals surface area (Å²) < 4.78 is 0. The van der Waals surface area contributed by atoms with Crippen LogP contribution in [-0.2, 0) is 0 Å². The first-order valence-electron chi connectivity index (χ1n) is 6.60. The summed E-state index contributed by atoms with van der Waals surface area (Å²) in [5, 5.41) is 1.02. The lowest BCUT2D eigenvalue weighted by atomic mass is 10.2. The van der Waals surface area contributed by atoms with Crippen molar-refractivity contribution in [2.24, 2.45) is 5.73 Å². The summed E-state index contributed by atoms with van der Waals surface area (Å²) in [6, 6.07) is 8.58. The molecule has 0 spiro atoms. The second-order valence-corrected chi connectivity index (χ2v) is 5.82. The number of nitrogens with zero attached hydrogens (tertiary/aromatic N) is 2. The van der Waals surface area contributed by atoms with Crippen molar-refractivity contribution in [3.8, 4) is 0 Å². The van der Waals surface area contributed by atoms with Gasteiger partial charge in [-0.1, -0.05) is 29.0 Å². The molecule has 3 nitrogen and oxygen atoms in total. The molecule has 0 aliphatic rings. The van der Waals surface area contributed by atoms with Crippen molar-refractivity contribution in [3.63, 3.8) is 0 Å². The Bertz CT molecular complexity index is 543. The molecule has 1 unspecified atom stereocenters. The fourth-order valence-electron chi connectivity index (χ4n) is 2.08. The quantitative estimate of drug-likeness (QED) is 0.919. The highest BCUT2D eigenvalue weighted by Crippen LogP contribution is 2.33. The van der Waals surface area contributed by atoms with E-state index in [-0.39, 0.29) is 6.04 Å². The molecule has 1 atom stereocenters. The number of anilines is 2. The van der Waals surface area contributed by atoms with Crippen molar-refractivity contribution in [1.82, 2.24) is 4.98 Å². The van der Waals surface area contributed by atoms with E-state index in [0.29, 0.717) is 0 Å². The van der Waals surface area contributed by atoms with Gasteiger partial charge in [-0.25, -0.2) is 4.98 Å². The van der Waals surface area contributed by atoms with Crippen LogP contribution < -0.4 is 10.6 Å². The van der Waals surface area contributed by atoms with Crippen LogP contribution in [0.5, 0.6) is 0 Å². The van der Waals surface area contributed by atoms with Gasteiger partial charge in [0.25, 0.3) is 0 Å². The van der Waals surface area contributed by atoms with E-state index in [1.54, 1.807) is 11.3 Å². The molecule has 0 amide bonds. The summed E-state index contributed by atoms with van der Waals surface area (Å²) in [6.07, 6.45) is 0. The maximum atomic E-state index is 5.98. The monoisotopic (exact) mass is 275 g/mol. The van der Waals surface area contributed by atoms with Crippen LogP contribution in [0.2, 0.25) is 0 Å². The van der Waals surface area contributed by atoms with E-state index < -0.39 is 0 Å². The molecule has 19 heavy (non-hydrogen) atoms. The third kappa shape index (κ3) is 2.96. The van der Waals surface area contributed by atoms with Crippen LogP contribution in [0.4, 0.5) is 10.8 Å². The largest absolute Gasteiger partial charge is 0.323 e. The molecule has 0 radical (unpaired) electrons. The Labute approximate surface area is 119 Å². The molecular formula is C15H21N3S. The van der Waals surface area contributed by atoms with Gasteiger partial charge in [0.1, 0.15) is 0 Å². The van der Waals surface area contributed by atoms with E-state index in [0.717, 1.165) is 17.4 Å². The summed E-state index contributed by atoms with van der Waals surface area (Å²) >= 11 is 1.69. The van der Waals surface area contributed by atoms with Gasteiger partial charge in [-0.2, -0.15) is 0 Å². The van der Waals surface area contributed by atoms with Crippen LogP contribution in [0.3, 0.4) is 0 Å². The van der Waals surface area contributed by atoms with Crippen LogP contribution in [0.25, 0.3) is 0 Å². The third-order valence-electron chi connectivity index (χ3n) is 3.13. The lowest BCUT2D eigenvalue weighted by Crippen LogP contribution is -2.15. The molecule has 0 aliphatic carbocycles. The molecule has 0 bridgehead atoms. The number of benzene rings is 1. The Morgan fingerprint density at radius 2 is 1.89 bits per heavy atom. The van der Waals surface area contributed by atoms with Crippen molar-refractivity contribution < 1.29 is 0 Å². The highest BCUT2D eigenvalue weighted by molar-refractivity contribution is 7.15. The smallest absolute Gasteiger partial charge is 0.190 e. The van der Waals surface area contributed by atoms with E-state index in [4.69, 9.17) is 5.73 Å². The molecule has 0 saturated heterocycles. The third-order valence-corrected chi connectivity index (χ3v) is 4.51. The highest BCUT2D eigenvalue weighted by atomic mass is 32.1. The molecule has 1 aromatic heterocycles. The van der Waals surface area contributed by atoms with E-state index in [9.17, 15) is 0 Å². The number of thiazole rings is 1. The van der Waals surface area contributed by atoms with Gasteiger partial charge in [-0.15, -0.1) is 0 Å². The minimum Gasteiger partial charge on any atom is -0.323 e. The second kappa shape index (κ2) is 5.72. The summed E-state index contributed by atoms with van der Waals surface area (Å²) in [5.41, 5.74) is 9.47. The molecule has 102 valence electrons. The van der Waals surface area contributed by atoms with E-state index in [2.05, 4.69) is 48.0 Å². The standard InChI is InChI=1S/C15H21N3S/c1-5-18(13-8-6-10(2)7-9-13)15-17-12(4)14(19-15)11(3)16/h6-9,11H,5,16H2,1-4H3. The predicted octanol–water partition coefficient (Wildman–Crippen LogP) is 3.94. The summed E-state index contributed by atoms with van der Waals surface area (Å²) in [5.74, 6) is 0. The predicted molar refractivity (Wildman–Crippen MR) is 83.3 cm³/mol. The molecule has 2 aromatic rings. The molecular weight excluding hydrogens is 254 g/mol. The van der Waals surface area contributed by atoms with Crippen molar-refractivity contribution in [2.75, 3.05) is 11.4 Å². The Morgan fingerprint density at radius 3 is 2.37 bits per heavy atom. The topological polar surface area (TPSA) is 42.2 Å². The molecule has 2 N–H and O–H groups in total. The van der Waals surface area contributed by atoms with Crippen LogP contribution in [0.1, 0.15) is 36.0 Å². The first-order valence-corrected chi connectivity index (χ1v) is 7.41. The molecule has 0 fully saturated rings. The maximum Gasteiger partial charge on any atom is 0.190 e. The zero-order valence-corrected chi connectivity index (χ0v) is 12.8. The average molecular weight is 275 g/mol. The SMILES string of the molecule is CCN(c1ccc(C)cc1)c1nc(C)c(C(C)N)s1. The number of rotatable bonds is 4. The summed E-state index contributed by atoms with van der Waals surface area (Å²) in [6.45, 7) is 9.17. The Balaban J connectivity index is 2.37. The zero-order valence-electron chi connectivity index (χ0n) is 12.0. The molecule has 1 heterocycles. The lowest BCUT2D eigenvalue weighted by molar-refractivity contribution is 0.825. The van der Waals surface area contributed by atoms with Crippen LogP contribution in [-0.4, -0.2) is 11.5 Å². The maximum absolute atomic E-state index is 5.98. The fraction of sp³-hybridized carbons (Fsp3) is 0.400. The second-order valence-electron chi connectivity index (χ2n) is 4.81. The number of hydrogen-bond donors (Lipinski definition) is 1. The molecule has 1 aromatic carbocycles. The van der Waals surface area contributed by atoms with Gasteiger partial charge in [-0.05, 0) is 39.8 Å². The number of aromatic nitrogens is 1. The van der Waals surface area contributed by atoms with Gasteiger partial charge in [-0.3, -0.25) is 0 Å². The van der Waals surface area contributed by atoms with E-state index in [1.807, 2.05) is 13.8 Å². The fourth-order valence-corrected chi connectivity index (χ4v) is 3.19. The highest BCUT2D eigenvalue weighted by Gasteiger charge is 2.16. The van der Waals surface area contributed by atoms with Crippen molar-refractivity contribution in [1.29, 1.82) is 0 Å². The van der Waals surface area contributed by atoms with Gasteiger partial charge in [0.15, 0.2) is 5.13 Å². The van der Waals surface area contributed by atoms with Gasteiger partial charge < -0.3 is 10.6 Å². The lowest BCUT2D eigenvalue weighted by Gasteiger charge is -2.20. The first-order chi connectivity index (χ1) is 9.02. The molecule has 4 heteroatoms. The van der Waals surface area contributed by atoms with E-state index >= 15 is 0 Å². The van der Waals surface area contributed by atoms with Gasteiger partial charge in [0.05, 0.1) is 5.69 Å². The summed E-state index contributed by atoms with van der Waals surface area (Å²) in [7, 11) is 0. The zero-order chi connectivity index (χ0) is 14.0. The number of hydrogen-bond acceptors (Lipinski definition) is 4. The minimum absolute atomic E-state index is 0.0444. The van der Waals surface area contributed by atoms with E-state index in [1.165, 1.54) is 16.1 Å². The molecule has 0 saturated carbocycles. The Kier molecular flexibility index (Phi) is 4.22. The van der Waals surface area contributed by atoms with Gasteiger partial charge in [0.2, 0.25) is 0 Å². The van der Waals surface area contributed by atoms with Gasteiger partial charge >= 0.3 is 0 Å². The molecule has 2 rings (SSSR count). The van der Waals surface area contributed by atoms with Crippen molar-refractivity contribution in [2.45, 2.75) is 33.7 Å². The van der Waals surface area contributed by atoms with Gasteiger partial charge in [0, 0.05) is 23.2 Å². The summed E-state index contributed by atoms with van der Waals surface area (Å²) in [4.78, 5) is 8.06. The number of nitrogens with two attached hydrogens (primary N) is 1. The van der Waals surface area contributed by atoms with Crippen molar-refractivity contribution >= 4 is 22.2 Å². The van der Waals surface area contributed by atoms with Crippen LogP contribution in [0, 0.1) is 13.8 Å².